The summed E-state index contributed by atoms with van der Waals surface area (Å²) in [5.41, 5.74) is 1.07. The number of esters is 1. The first-order valence-electron chi connectivity index (χ1n) is 8.67. The van der Waals surface area contributed by atoms with E-state index in [1.165, 1.54) is 33.1 Å². The molecular formula is C21H20N2O6. The van der Waals surface area contributed by atoms with Gasteiger partial charge in [0.1, 0.15) is 6.07 Å². The molecule has 1 amide bonds. The van der Waals surface area contributed by atoms with Gasteiger partial charge in [-0.2, -0.15) is 5.26 Å². The van der Waals surface area contributed by atoms with Crippen LogP contribution in [-0.2, 0) is 14.3 Å². The van der Waals surface area contributed by atoms with Gasteiger partial charge in [0.15, 0.2) is 30.0 Å². The summed E-state index contributed by atoms with van der Waals surface area (Å²) in [4.78, 5) is 35.6. The molecule has 2 rings (SSSR count). The lowest BCUT2D eigenvalue weighted by molar-refractivity contribution is -0.155. The van der Waals surface area contributed by atoms with Crippen molar-refractivity contribution in [3.63, 3.8) is 0 Å². The quantitative estimate of drug-likeness (QED) is 0.539. The molecule has 0 heterocycles. The van der Waals surface area contributed by atoms with Gasteiger partial charge in [0.2, 0.25) is 0 Å². The summed E-state index contributed by atoms with van der Waals surface area (Å²) < 4.78 is 15.6. The maximum atomic E-state index is 12.2. The number of carbonyl (C=O) groups excluding carboxylic acids is 3. The van der Waals surface area contributed by atoms with Crippen molar-refractivity contribution in [2.24, 2.45) is 0 Å². The third-order valence-electron chi connectivity index (χ3n) is 3.90. The molecule has 0 saturated carbocycles. The van der Waals surface area contributed by atoms with E-state index in [1.54, 1.807) is 30.3 Å². The Morgan fingerprint density at radius 1 is 1.14 bits per heavy atom. The molecule has 2 aromatic rings. The molecule has 0 saturated heterocycles. The van der Waals surface area contributed by atoms with Gasteiger partial charge >= 0.3 is 5.97 Å². The summed E-state index contributed by atoms with van der Waals surface area (Å²) in [6, 6.07) is 13.0. The second kappa shape index (κ2) is 9.90. The average Bonchev–Trinajstić information content (AvgIpc) is 2.72. The summed E-state index contributed by atoms with van der Waals surface area (Å²) in [5, 5.41) is 11.6. The number of para-hydroxylation sites is 1. The number of ketones is 1. The SMILES string of the molecule is COc1cc(C(C)=O)ccc1OCC(=O)O[C@@H](C)C(=O)Nc1ccccc1C#N. The number of nitrogens with zero attached hydrogens (tertiary/aromatic N) is 1. The maximum Gasteiger partial charge on any atom is 0.344 e. The predicted octanol–water partition coefficient (Wildman–Crippen LogP) is 2.72. The Morgan fingerprint density at radius 3 is 2.52 bits per heavy atom. The van der Waals surface area contributed by atoms with Crippen LogP contribution in [0.1, 0.15) is 29.8 Å². The lowest BCUT2D eigenvalue weighted by atomic mass is 10.1. The minimum absolute atomic E-state index is 0.132. The summed E-state index contributed by atoms with van der Waals surface area (Å²) in [5.74, 6) is -0.922. The van der Waals surface area contributed by atoms with Gasteiger partial charge < -0.3 is 19.5 Å². The topological polar surface area (TPSA) is 115 Å². The monoisotopic (exact) mass is 396 g/mol. The van der Waals surface area contributed by atoms with Crippen molar-refractivity contribution in [1.82, 2.24) is 0 Å². The van der Waals surface area contributed by atoms with Crippen LogP contribution in [0.3, 0.4) is 0 Å². The second-order valence-corrected chi connectivity index (χ2v) is 5.99. The van der Waals surface area contributed by atoms with E-state index in [4.69, 9.17) is 19.5 Å². The van der Waals surface area contributed by atoms with Crippen LogP contribution >= 0.6 is 0 Å². The highest BCUT2D eigenvalue weighted by Gasteiger charge is 2.20. The van der Waals surface area contributed by atoms with Gasteiger partial charge in [-0.15, -0.1) is 0 Å². The molecule has 29 heavy (non-hydrogen) atoms. The van der Waals surface area contributed by atoms with Crippen LogP contribution in [0.15, 0.2) is 42.5 Å². The molecule has 0 unspecified atom stereocenters. The van der Waals surface area contributed by atoms with Gasteiger partial charge in [-0.3, -0.25) is 9.59 Å². The Morgan fingerprint density at radius 2 is 1.86 bits per heavy atom. The van der Waals surface area contributed by atoms with Crippen molar-refractivity contribution in [3.05, 3.63) is 53.6 Å². The van der Waals surface area contributed by atoms with Crippen molar-refractivity contribution in [3.8, 4) is 17.6 Å². The Labute approximate surface area is 168 Å². The number of anilines is 1. The number of nitriles is 1. The fourth-order valence-corrected chi connectivity index (χ4v) is 2.35. The minimum Gasteiger partial charge on any atom is -0.493 e. The van der Waals surface area contributed by atoms with Crippen LogP contribution in [0, 0.1) is 11.3 Å². The zero-order chi connectivity index (χ0) is 21.4. The number of hydrogen-bond donors (Lipinski definition) is 1. The van der Waals surface area contributed by atoms with Crippen molar-refractivity contribution in [2.45, 2.75) is 20.0 Å². The molecular weight excluding hydrogens is 376 g/mol. The lowest BCUT2D eigenvalue weighted by Gasteiger charge is -2.15. The molecule has 2 aromatic carbocycles. The zero-order valence-electron chi connectivity index (χ0n) is 16.2. The van der Waals surface area contributed by atoms with E-state index in [0.29, 0.717) is 22.6 Å². The smallest absolute Gasteiger partial charge is 0.344 e. The van der Waals surface area contributed by atoms with Crippen LogP contribution in [0.4, 0.5) is 5.69 Å². The molecule has 0 aromatic heterocycles. The first-order valence-corrected chi connectivity index (χ1v) is 8.67. The van der Waals surface area contributed by atoms with Gasteiger partial charge in [-0.25, -0.2) is 4.79 Å². The number of hydrogen-bond acceptors (Lipinski definition) is 7. The van der Waals surface area contributed by atoms with E-state index in [-0.39, 0.29) is 11.5 Å². The van der Waals surface area contributed by atoms with Crippen LogP contribution in [0.5, 0.6) is 11.5 Å². The van der Waals surface area contributed by atoms with Gasteiger partial charge in [-0.05, 0) is 44.2 Å². The highest BCUT2D eigenvalue weighted by atomic mass is 16.6. The van der Waals surface area contributed by atoms with Crippen molar-refractivity contribution in [1.29, 1.82) is 5.26 Å². The normalized spacial score (nSPS) is 11.0. The van der Waals surface area contributed by atoms with Gasteiger partial charge in [0.25, 0.3) is 5.91 Å². The van der Waals surface area contributed by atoms with E-state index in [9.17, 15) is 14.4 Å². The van der Waals surface area contributed by atoms with E-state index in [2.05, 4.69) is 5.32 Å². The fraction of sp³-hybridized carbons (Fsp3) is 0.238. The first kappa shape index (κ1) is 21.4. The third-order valence-corrected chi connectivity index (χ3v) is 3.90. The van der Waals surface area contributed by atoms with Crippen LogP contribution < -0.4 is 14.8 Å². The first-order chi connectivity index (χ1) is 13.8. The molecule has 0 bridgehead atoms. The number of ether oxygens (including phenoxy) is 3. The molecule has 0 aliphatic heterocycles. The van der Waals surface area contributed by atoms with E-state index >= 15 is 0 Å². The standard InChI is InChI=1S/C21H20N2O6/c1-13(24)15-8-9-18(19(10-15)27-3)28-12-20(25)29-14(2)21(26)23-17-7-5-4-6-16(17)11-22/h4-10,14H,12H2,1-3H3,(H,23,26)/t14-/m0/s1. The number of nitrogens with one attached hydrogen (secondary N) is 1. The molecule has 150 valence electrons. The number of methoxy groups -OCH3 is 1. The lowest BCUT2D eigenvalue weighted by Crippen LogP contribution is -2.31. The number of carbonyl (C=O) groups is 3. The fourth-order valence-electron chi connectivity index (χ4n) is 2.35. The van der Waals surface area contributed by atoms with Gasteiger partial charge in [0, 0.05) is 5.56 Å². The van der Waals surface area contributed by atoms with Gasteiger partial charge in [-0.1, -0.05) is 12.1 Å². The van der Waals surface area contributed by atoms with E-state index in [0.717, 1.165) is 0 Å². The molecule has 1 N–H and O–H groups in total. The number of rotatable bonds is 8. The largest absolute Gasteiger partial charge is 0.493 e. The second-order valence-electron chi connectivity index (χ2n) is 5.99. The molecule has 0 spiro atoms. The summed E-state index contributed by atoms with van der Waals surface area (Å²) in [6.07, 6.45) is -1.10. The Hall–Kier alpha value is -3.86. The number of benzene rings is 2. The van der Waals surface area contributed by atoms with Crippen LogP contribution in [-0.4, -0.2) is 37.5 Å². The Bertz CT molecular complexity index is 964. The van der Waals surface area contributed by atoms with Crippen molar-refractivity contribution < 1.29 is 28.6 Å². The molecule has 0 radical (unpaired) electrons. The number of Topliss-reactive ketones (excluding diaryl/α,β-unsaturated/α-hetero) is 1. The van der Waals surface area contributed by atoms with Crippen molar-refractivity contribution >= 4 is 23.3 Å². The average molecular weight is 396 g/mol. The molecule has 0 aliphatic carbocycles. The maximum absolute atomic E-state index is 12.2. The van der Waals surface area contributed by atoms with Crippen LogP contribution in [0.25, 0.3) is 0 Å². The molecule has 1 atom stereocenters. The molecule has 0 fully saturated rings. The summed E-state index contributed by atoms with van der Waals surface area (Å²) >= 11 is 0. The van der Waals surface area contributed by atoms with Gasteiger partial charge in [0.05, 0.1) is 18.4 Å². The molecule has 8 nitrogen and oxygen atoms in total. The summed E-state index contributed by atoms with van der Waals surface area (Å²) in [7, 11) is 1.41. The highest BCUT2D eigenvalue weighted by molar-refractivity contribution is 5.96. The highest BCUT2D eigenvalue weighted by Crippen LogP contribution is 2.28. The predicted molar refractivity (Wildman–Crippen MR) is 104 cm³/mol. The molecule has 8 heteroatoms. The zero-order valence-corrected chi connectivity index (χ0v) is 16.2. The third kappa shape index (κ3) is 5.81. The molecule has 0 aliphatic rings. The Kier molecular flexibility index (Phi) is 7.32. The van der Waals surface area contributed by atoms with Crippen molar-refractivity contribution in [2.75, 3.05) is 19.0 Å². The Balaban J connectivity index is 1.93. The van der Waals surface area contributed by atoms with E-state index in [1.807, 2.05) is 6.07 Å². The minimum atomic E-state index is -1.10. The number of amides is 1. The summed E-state index contributed by atoms with van der Waals surface area (Å²) in [6.45, 7) is 2.38. The van der Waals surface area contributed by atoms with E-state index < -0.39 is 24.6 Å². The van der Waals surface area contributed by atoms with Crippen LogP contribution in [0.2, 0.25) is 0 Å².